The molecule has 0 atom stereocenters. The number of halogens is 1. The molecule has 0 fully saturated rings. The third kappa shape index (κ3) is 2.47. The number of hydrogen-bond acceptors (Lipinski definition) is 4. The number of benzene rings is 1. The second kappa shape index (κ2) is 5.29. The van der Waals surface area contributed by atoms with Crippen molar-refractivity contribution >= 4 is 44.2 Å². The van der Waals surface area contributed by atoms with E-state index in [2.05, 4.69) is 24.5 Å². The summed E-state index contributed by atoms with van der Waals surface area (Å²) in [5.74, 6) is 0.0736. The highest BCUT2D eigenvalue weighted by atomic mass is 35.5. The lowest BCUT2D eigenvalue weighted by atomic mass is 10.3. The predicted molar refractivity (Wildman–Crippen MR) is 82.4 cm³/mol. The van der Waals surface area contributed by atoms with Crippen LogP contribution in [0.5, 0.6) is 0 Å². The monoisotopic (exact) mass is 333 g/mol. The Kier molecular flexibility index (Phi) is 3.44. The molecule has 2 aromatic heterocycles. The Hall–Kier alpha value is -2.63. The summed E-state index contributed by atoms with van der Waals surface area (Å²) in [4.78, 5) is 13.9. The van der Waals surface area contributed by atoms with Crippen LogP contribution in [0.4, 0.5) is 11.5 Å². The number of anilines is 1. The van der Waals surface area contributed by atoms with Gasteiger partial charge in [0.05, 0.1) is 21.9 Å². The molecule has 0 saturated carbocycles. The van der Waals surface area contributed by atoms with Gasteiger partial charge in [0.2, 0.25) is 0 Å². The molecule has 22 heavy (non-hydrogen) atoms. The minimum atomic E-state index is -3.89. The zero-order valence-corrected chi connectivity index (χ0v) is 12.5. The second-order valence-electron chi connectivity index (χ2n) is 4.30. The summed E-state index contributed by atoms with van der Waals surface area (Å²) in [6, 6.07) is 5.71. The van der Waals surface area contributed by atoms with E-state index in [1.165, 1.54) is 36.8 Å². The first kappa shape index (κ1) is 14.3. The van der Waals surface area contributed by atoms with Crippen molar-refractivity contribution < 1.29 is 8.42 Å². The van der Waals surface area contributed by atoms with Crippen LogP contribution in [-0.4, -0.2) is 23.4 Å². The van der Waals surface area contributed by atoms with Crippen LogP contribution < -0.4 is 4.72 Å². The van der Waals surface area contributed by atoms with Gasteiger partial charge < -0.3 is 4.98 Å². The topological polar surface area (TPSA) is 92.1 Å². The molecule has 9 heteroatoms. The Morgan fingerprint density at radius 1 is 1.32 bits per heavy atom. The van der Waals surface area contributed by atoms with Crippen LogP contribution >= 0.6 is 11.6 Å². The molecule has 3 rings (SSSR count). The van der Waals surface area contributed by atoms with Gasteiger partial charge in [-0.15, -0.1) is 0 Å². The number of aromatic amines is 1. The predicted octanol–water partition coefficient (Wildman–Crippen LogP) is 2.96. The summed E-state index contributed by atoms with van der Waals surface area (Å²) >= 11 is 6.01. The molecule has 0 aliphatic carbocycles. The number of nitrogens with one attached hydrogen (secondary N) is 2. The molecule has 2 N–H and O–H groups in total. The third-order valence-corrected chi connectivity index (χ3v) is 4.54. The second-order valence-corrected chi connectivity index (χ2v) is 6.39. The van der Waals surface area contributed by atoms with Gasteiger partial charge in [-0.1, -0.05) is 23.7 Å². The van der Waals surface area contributed by atoms with E-state index in [9.17, 15) is 8.42 Å². The molecule has 2 heterocycles. The smallest absolute Gasteiger partial charge is 0.261 e. The van der Waals surface area contributed by atoms with Crippen molar-refractivity contribution in [2.24, 2.45) is 0 Å². The summed E-state index contributed by atoms with van der Waals surface area (Å²) in [5, 5.41) is 0.692. The fourth-order valence-corrected chi connectivity index (χ4v) is 3.20. The van der Waals surface area contributed by atoms with Crippen LogP contribution in [0.2, 0.25) is 5.02 Å². The molecular weight excluding hydrogens is 326 g/mol. The maximum absolute atomic E-state index is 12.4. The first-order chi connectivity index (χ1) is 10.5. The van der Waals surface area contributed by atoms with Gasteiger partial charge in [-0.3, -0.25) is 4.72 Å². The lowest BCUT2D eigenvalue weighted by Crippen LogP contribution is -2.14. The van der Waals surface area contributed by atoms with E-state index < -0.39 is 10.0 Å². The average molecular weight is 334 g/mol. The van der Waals surface area contributed by atoms with Crippen molar-refractivity contribution in [3.63, 3.8) is 0 Å². The summed E-state index contributed by atoms with van der Waals surface area (Å²) in [6.07, 6.45) is 2.72. The summed E-state index contributed by atoms with van der Waals surface area (Å²) in [5.41, 5.74) is 0.656. The maximum Gasteiger partial charge on any atom is 0.261 e. The van der Waals surface area contributed by atoms with E-state index in [1.54, 1.807) is 0 Å². The van der Waals surface area contributed by atoms with Gasteiger partial charge in [-0.25, -0.2) is 23.2 Å². The maximum atomic E-state index is 12.4. The van der Waals surface area contributed by atoms with Gasteiger partial charge in [-0.2, -0.15) is 0 Å². The number of fused-ring (bicyclic) bond motifs is 1. The van der Waals surface area contributed by atoms with Crippen LogP contribution in [0.1, 0.15) is 0 Å². The van der Waals surface area contributed by atoms with Crippen molar-refractivity contribution in [1.82, 2.24) is 15.0 Å². The molecule has 0 amide bonds. The highest BCUT2D eigenvalue weighted by molar-refractivity contribution is 7.92. The zero-order valence-electron chi connectivity index (χ0n) is 10.9. The molecular formula is C13H8ClN5O2S. The number of aromatic nitrogens is 3. The molecule has 0 aliphatic heterocycles. The minimum absolute atomic E-state index is 0.0283. The van der Waals surface area contributed by atoms with Gasteiger partial charge in [0.1, 0.15) is 12.0 Å². The number of rotatable bonds is 3. The van der Waals surface area contributed by atoms with Crippen LogP contribution in [0, 0.1) is 6.57 Å². The number of hydrogen-bond donors (Lipinski definition) is 2. The van der Waals surface area contributed by atoms with Crippen molar-refractivity contribution in [3.8, 4) is 0 Å². The highest BCUT2D eigenvalue weighted by Gasteiger charge is 2.18. The summed E-state index contributed by atoms with van der Waals surface area (Å²) in [7, 11) is -3.89. The molecule has 0 bridgehead atoms. The van der Waals surface area contributed by atoms with Crippen LogP contribution in [0.3, 0.4) is 0 Å². The van der Waals surface area contributed by atoms with Crippen molar-refractivity contribution in [2.45, 2.75) is 4.90 Å². The van der Waals surface area contributed by atoms with Gasteiger partial charge in [0.15, 0.2) is 11.5 Å². The highest BCUT2D eigenvalue weighted by Crippen LogP contribution is 2.29. The Balaban J connectivity index is 2.07. The van der Waals surface area contributed by atoms with Gasteiger partial charge in [0, 0.05) is 6.20 Å². The van der Waals surface area contributed by atoms with E-state index in [1.807, 2.05) is 0 Å². The average Bonchev–Trinajstić information content (AvgIpc) is 2.90. The lowest BCUT2D eigenvalue weighted by Gasteiger charge is -2.08. The minimum Gasteiger partial charge on any atom is -0.344 e. The number of sulfonamides is 1. The SMILES string of the molecule is [C-]#[N+]c1cccc(S(=O)(=O)Nc2ncnc3[nH]cc(Cl)c23)c1. The summed E-state index contributed by atoms with van der Waals surface area (Å²) in [6.45, 7) is 6.95. The first-order valence-corrected chi connectivity index (χ1v) is 7.85. The Morgan fingerprint density at radius 3 is 2.91 bits per heavy atom. The first-order valence-electron chi connectivity index (χ1n) is 5.99. The molecule has 0 unspecified atom stereocenters. The standard InChI is InChI=1S/C13H8ClN5O2S/c1-15-8-3-2-4-9(5-8)22(20,21)19-13-11-10(14)6-16-12(11)17-7-18-13/h2-7H,(H2,16,17,18,19). The van der Waals surface area contributed by atoms with Gasteiger partial charge in [0.25, 0.3) is 10.0 Å². The van der Waals surface area contributed by atoms with Crippen LogP contribution in [-0.2, 0) is 10.0 Å². The fourth-order valence-electron chi connectivity index (χ4n) is 1.91. The summed E-state index contributed by atoms with van der Waals surface area (Å²) < 4.78 is 27.2. The Labute approximate surface area is 130 Å². The van der Waals surface area contributed by atoms with E-state index in [0.29, 0.717) is 16.1 Å². The molecule has 0 radical (unpaired) electrons. The number of H-pyrrole nitrogens is 1. The molecule has 0 saturated heterocycles. The Bertz CT molecular complexity index is 1010. The van der Waals surface area contributed by atoms with Crippen molar-refractivity contribution in [3.05, 3.63) is 53.2 Å². The number of nitrogens with zero attached hydrogens (tertiary/aromatic N) is 3. The quantitative estimate of drug-likeness (QED) is 0.721. The van der Waals surface area contributed by atoms with Crippen molar-refractivity contribution in [2.75, 3.05) is 4.72 Å². The van der Waals surface area contributed by atoms with E-state index >= 15 is 0 Å². The zero-order chi connectivity index (χ0) is 15.7. The van der Waals surface area contributed by atoms with E-state index in [-0.39, 0.29) is 16.4 Å². The molecule has 3 aromatic rings. The lowest BCUT2D eigenvalue weighted by molar-refractivity contribution is 0.601. The normalized spacial score (nSPS) is 11.3. The molecule has 0 aliphatic rings. The molecule has 0 spiro atoms. The third-order valence-electron chi connectivity index (χ3n) is 2.91. The van der Waals surface area contributed by atoms with Crippen molar-refractivity contribution in [1.29, 1.82) is 0 Å². The van der Waals surface area contributed by atoms with Crippen LogP contribution in [0.15, 0.2) is 41.7 Å². The largest absolute Gasteiger partial charge is 0.344 e. The van der Waals surface area contributed by atoms with Gasteiger partial charge in [-0.05, 0) is 12.1 Å². The molecule has 7 nitrogen and oxygen atoms in total. The van der Waals surface area contributed by atoms with E-state index in [4.69, 9.17) is 18.2 Å². The molecule has 1 aromatic carbocycles. The fraction of sp³-hybridized carbons (Fsp3) is 0. The Morgan fingerprint density at radius 2 is 2.14 bits per heavy atom. The van der Waals surface area contributed by atoms with Gasteiger partial charge >= 0.3 is 0 Å². The molecule has 110 valence electrons. The van der Waals surface area contributed by atoms with E-state index in [0.717, 1.165) is 0 Å². The van der Waals surface area contributed by atoms with Crippen LogP contribution in [0.25, 0.3) is 15.9 Å².